The van der Waals surface area contributed by atoms with Gasteiger partial charge in [-0.3, -0.25) is 9.69 Å². The average Bonchev–Trinajstić information content (AvgIpc) is 2.17. The maximum absolute atomic E-state index is 12.1. The molecule has 88 valence electrons. The van der Waals surface area contributed by atoms with Gasteiger partial charge in [0.15, 0.2) is 0 Å². The van der Waals surface area contributed by atoms with Gasteiger partial charge in [0.25, 0.3) is 6.43 Å². The Kier molecular flexibility index (Phi) is 4.41. The van der Waals surface area contributed by atoms with Crippen LogP contribution >= 0.6 is 0 Å². The van der Waals surface area contributed by atoms with E-state index in [0.29, 0.717) is 26.2 Å². The van der Waals surface area contributed by atoms with Crippen molar-refractivity contribution in [2.75, 3.05) is 32.7 Å². The highest BCUT2D eigenvalue weighted by molar-refractivity contribution is 5.81. The number of alkyl halides is 2. The number of nitrogens with two attached hydrogens (primary N) is 1. The number of amides is 1. The number of rotatable bonds is 3. The van der Waals surface area contributed by atoms with Crippen LogP contribution in [0.5, 0.6) is 0 Å². The zero-order valence-corrected chi connectivity index (χ0v) is 8.83. The van der Waals surface area contributed by atoms with Gasteiger partial charge >= 0.3 is 0 Å². The molecule has 1 heterocycles. The Morgan fingerprint density at radius 1 is 1.33 bits per heavy atom. The van der Waals surface area contributed by atoms with E-state index in [2.05, 4.69) is 0 Å². The predicted octanol–water partition coefficient (Wildman–Crippen LogP) is -0.257. The molecule has 15 heavy (non-hydrogen) atoms. The predicted molar refractivity (Wildman–Crippen MR) is 52.7 cm³/mol. The molecule has 2 N–H and O–H groups in total. The molecular formula is C9H17F2N3O. The van der Waals surface area contributed by atoms with E-state index < -0.39 is 12.5 Å². The van der Waals surface area contributed by atoms with E-state index in [-0.39, 0.29) is 12.5 Å². The molecule has 1 aliphatic rings. The van der Waals surface area contributed by atoms with Crippen LogP contribution in [0.4, 0.5) is 8.78 Å². The summed E-state index contributed by atoms with van der Waals surface area (Å²) in [5.74, 6) is -0.105. The maximum Gasteiger partial charge on any atom is 0.251 e. The van der Waals surface area contributed by atoms with Gasteiger partial charge in [-0.25, -0.2) is 8.78 Å². The number of piperazine rings is 1. The SMILES string of the molecule is CC(N)C(=O)N1CCN(CC(F)F)CC1. The fraction of sp³-hybridized carbons (Fsp3) is 0.889. The molecule has 1 amide bonds. The van der Waals surface area contributed by atoms with Gasteiger partial charge in [0.05, 0.1) is 12.6 Å². The van der Waals surface area contributed by atoms with E-state index in [1.165, 1.54) is 0 Å². The number of carbonyl (C=O) groups is 1. The first-order chi connectivity index (χ1) is 7.00. The molecule has 4 nitrogen and oxygen atoms in total. The number of carbonyl (C=O) groups excluding carboxylic acids is 1. The normalized spacial score (nSPS) is 20.7. The Morgan fingerprint density at radius 3 is 2.27 bits per heavy atom. The standard InChI is InChI=1S/C9H17F2N3O/c1-7(12)9(15)14-4-2-13(3-5-14)6-8(10)11/h7-8H,2-6,12H2,1H3. The van der Waals surface area contributed by atoms with Crippen molar-refractivity contribution in [2.24, 2.45) is 5.73 Å². The van der Waals surface area contributed by atoms with Crippen LogP contribution in [-0.2, 0) is 4.79 Å². The van der Waals surface area contributed by atoms with Crippen LogP contribution in [0.2, 0.25) is 0 Å². The van der Waals surface area contributed by atoms with E-state index in [4.69, 9.17) is 5.73 Å². The topological polar surface area (TPSA) is 49.6 Å². The van der Waals surface area contributed by atoms with Gasteiger partial charge in [-0.2, -0.15) is 0 Å². The number of hydrogen-bond acceptors (Lipinski definition) is 3. The van der Waals surface area contributed by atoms with Crippen molar-refractivity contribution in [3.63, 3.8) is 0 Å². The second kappa shape index (κ2) is 5.37. The van der Waals surface area contributed by atoms with E-state index in [1.54, 1.807) is 16.7 Å². The van der Waals surface area contributed by atoms with Crippen molar-refractivity contribution in [3.05, 3.63) is 0 Å². The van der Waals surface area contributed by atoms with Crippen LogP contribution in [-0.4, -0.2) is 60.9 Å². The van der Waals surface area contributed by atoms with Gasteiger partial charge in [0, 0.05) is 26.2 Å². The highest BCUT2D eigenvalue weighted by Crippen LogP contribution is 2.05. The molecule has 0 aromatic rings. The van der Waals surface area contributed by atoms with Crippen molar-refractivity contribution in [3.8, 4) is 0 Å². The largest absolute Gasteiger partial charge is 0.339 e. The van der Waals surface area contributed by atoms with Crippen molar-refractivity contribution < 1.29 is 13.6 Å². The second-order valence-corrected chi connectivity index (χ2v) is 3.81. The van der Waals surface area contributed by atoms with Crippen molar-refractivity contribution >= 4 is 5.91 Å². The lowest BCUT2D eigenvalue weighted by Crippen LogP contribution is -2.53. The molecule has 0 spiro atoms. The van der Waals surface area contributed by atoms with Gasteiger partial charge in [0.2, 0.25) is 5.91 Å². The molecule has 1 unspecified atom stereocenters. The fourth-order valence-corrected chi connectivity index (χ4v) is 1.63. The first-order valence-electron chi connectivity index (χ1n) is 5.05. The number of hydrogen-bond donors (Lipinski definition) is 1. The molecule has 0 aliphatic carbocycles. The quantitative estimate of drug-likeness (QED) is 0.714. The molecule has 1 aliphatic heterocycles. The zero-order valence-electron chi connectivity index (χ0n) is 8.83. The van der Waals surface area contributed by atoms with Crippen LogP contribution in [0.15, 0.2) is 0 Å². The smallest absolute Gasteiger partial charge is 0.251 e. The minimum Gasteiger partial charge on any atom is -0.339 e. The Morgan fingerprint density at radius 2 is 1.87 bits per heavy atom. The summed E-state index contributed by atoms with van der Waals surface area (Å²) in [6.07, 6.45) is -2.30. The minimum atomic E-state index is -2.30. The highest BCUT2D eigenvalue weighted by Gasteiger charge is 2.24. The molecule has 1 atom stereocenters. The van der Waals surface area contributed by atoms with Gasteiger partial charge in [-0.05, 0) is 6.92 Å². The molecule has 0 radical (unpaired) electrons. The van der Waals surface area contributed by atoms with Crippen LogP contribution < -0.4 is 5.73 Å². The average molecular weight is 221 g/mol. The first-order valence-corrected chi connectivity index (χ1v) is 5.05. The van der Waals surface area contributed by atoms with Crippen molar-refractivity contribution in [1.82, 2.24) is 9.80 Å². The summed E-state index contributed by atoms with van der Waals surface area (Å²) in [5, 5.41) is 0. The first kappa shape index (κ1) is 12.3. The van der Waals surface area contributed by atoms with Crippen LogP contribution in [0.1, 0.15) is 6.92 Å². The summed E-state index contributed by atoms with van der Waals surface area (Å²) in [4.78, 5) is 14.8. The van der Waals surface area contributed by atoms with E-state index in [0.717, 1.165) is 0 Å². The molecule has 6 heteroatoms. The second-order valence-electron chi connectivity index (χ2n) is 3.81. The summed E-state index contributed by atoms with van der Waals surface area (Å²) in [6.45, 7) is 3.42. The lowest BCUT2D eigenvalue weighted by Gasteiger charge is -2.35. The third kappa shape index (κ3) is 3.71. The lowest BCUT2D eigenvalue weighted by atomic mass is 10.2. The summed E-state index contributed by atoms with van der Waals surface area (Å²) >= 11 is 0. The number of nitrogens with zero attached hydrogens (tertiary/aromatic N) is 2. The summed E-state index contributed by atoms with van der Waals surface area (Å²) in [5.41, 5.74) is 5.46. The van der Waals surface area contributed by atoms with Crippen molar-refractivity contribution in [2.45, 2.75) is 19.4 Å². The van der Waals surface area contributed by atoms with E-state index in [1.807, 2.05) is 0 Å². The third-order valence-corrected chi connectivity index (χ3v) is 2.47. The maximum atomic E-state index is 12.1. The van der Waals surface area contributed by atoms with E-state index >= 15 is 0 Å². The lowest BCUT2D eigenvalue weighted by molar-refractivity contribution is -0.134. The van der Waals surface area contributed by atoms with Gasteiger partial charge < -0.3 is 10.6 Å². The Labute approximate surface area is 88.0 Å². The molecule has 0 aromatic carbocycles. The minimum absolute atomic E-state index is 0.105. The van der Waals surface area contributed by atoms with Gasteiger partial charge in [-0.15, -0.1) is 0 Å². The Hall–Kier alpha value is -0.750. The van der Waals surface area contributed by atoms with Gasteiger partial charge in [0.1, 0.15) is 0 Å². The van der Waals surface area contributed by atoms with Crippen molar-refractivity contribution in [1.29, 1.82) is 0 Å². The van der Waals surface area contributed by atoms with Gasteiger partial charge in [-0.1, -0.05) is 0 Å². The molecule has 0 bridgehead atoms. The van der Waals surface area contributed by atoms with E-state index in [9.17, 15) is 13.6 Å². The van der Waals surface area contributed by atoms with Crippen LogP contribution in [0.3, 0.4) is 0 Å². The Balaban J connectivity index is 2.32. The highest BCUT2D eigenvalue weighted by atomic mass is 19.3. The summed E-state index contributed by atoms with van der Waals surface area (Å²) in [7, 11) is 0. The monoisotopic (exact) mass is 221 g/mol. The molecular weight excluding hydrogens is 204 g/mol. The Bertz CT molecular complexity index is 215. The molecule has 0 saturated carbocycles. The zero-order chi connectivity index (χ0) is 11.4. The molecule has 1 rings (SSSR count). The fourth-order valence-electron chi connectivity index (χ4n) is 1.63. The number of halogens is 2. The third-order valence-electron chi connectivity index (χ3n) is 2.47. The molecule has 1 fully saturated rings. The van der Waals surface area contributed by atoms with Crippen LogP contribution in [0.25, 0.3) is 0 Å². The summed E-state index contributed by atoms with van der Waals surface area (Å²) < 4.78 is 24.1. The van der Waals surface area contributed by atoms with Crippen LogP contribution in [0, 0.1) is 0 Å². The molecule has 1 saturated heterocycles. The summed E-state index contributed by atoms with van der Waals surface area (Å²) in [6, 6.07) is -0.508. The molecule has 0 aromatic heterocycles.